The second kappa shape index (κ2) is 7.68. The Morgan fingerprint density at radius 3 is 2.73 bits per heavy atom. The molecule has 2 N–H and O–H groups in total. The van der Waals surface area contributed by atoms with Crippen LogP contribution in [0.5, 0.6) is 0 Å². The van der Waals surface area contributed by atoms with Crippen molar-refractivity contribution in [3.05, 3.63) is 21.9 Å². The van der Waals surface area contributed by atoms with Crippen LogP contribution in [0.25, 0.3) is 0 Å². The monoisotopic (exact) mass is 248 g/mol. The van der Waals surface area contributed by atoms with Gasteiger partial charge in [0.1, 0.15) is 0 Å². The normalized spacial score (nSPS) is 9.47. The number of aryl methyl sites for hydroxylation is 1. The first kappa shape index (κ1) is 14.4. The summed E-state index contributed by atoms with van der Waals surface area (Å²) >= 11 is 1.72. The molecule has 1 amide bonds. The number of rotatable bonds is 5. The van der Waals surface area contributed by atoms with Gasteiger partial charge in [-0.2, -0.15) is 0 Å². The molecule has 0 atom stereocenters. The molecule has 5 heteroatoms. The van der Waals surface area contributed by atoms with Crippen LogP contribution in [0.2, 0.25) is 0 Å². The van der Waals surface area contributed by atoms with Gasteiger partial charge in [0.05, 0.1) is 6.54 Å². The molecule has 15 heavy (non-hydrogen) atoms. The van der Waals surface area contributed by atoms with E-state index in [0.717, 1.165) is 6.54 Å². The lowest BCUT2D eigenvalue weighted by atomic mass is 10.4. The highest BCUT2D eigenvalue weighted by molar-refractivity contribution is 7.11. The third-order valence-corrected chi connectivity index (χ3v) is 2.86. The van der Waals surface area contributed by atoms with Gasteiger partial charge in [0.2, 0.25) is 5.91 Å². The van der Waals surface area contributed by atoms with E-state index in [9.17, 15) is 4.79 Å². The summed E-state index contributed by atoms with van der Waals surface area (Å²) in [6.07, 6.45) is 0.543. The first-order valence-corrected chi connectivity index (χ1v) is 5.50. The molecule has 0 fully saturated rings. The van der Waals surface area contributed by atoms with Crippen LogP contribution < -0.4 is 10.6 Å². The maximum absolute atomic E-state index is 11.2. The van der Waals surface area contributed by atoms with E-state index in [1.54, 1.807) is 11.3 Å². The Kier molecular flexibility index (Phi) is 7.38. The van der Waals surface area contributed by atoms with Gasteiger partial charge in [0.15, 0.2) is 0 Å². The number of hydrogen-bond donors (Lipinski definition) is 2. The Morgan fingerprint density at radius 1 is 1.47 bits per heavy atom. The number of thiophene rings is 1. The van der Waals surface area contributed by atoms with E-state index >= 15 is 0 Å². The maximum atomic E-state index is 11.2. The summed E-state index contributed by atoms with van der Waals surface area (Å²) in [6, 6.07) is 4.12. The standard InChI is InChI=1S/C10H16N2OS.ClH/c1-8-3-4-9(14-8)7-12-10(13)5-6-11-2;/h3-4,11H,5-7H2,1-2H3,(H,12,13);1H. The van der Waals surface area contributed by atoms with Gasteiger partial charge in [0, 0.05) is 22.7 Å². The van der Waals surface area contributed by atoms with Crippen LogP contribution >= 0.6 is 23.7 Å². The van der Waals surface area contributed by atoms with Crippen LogP contribution in [0.3, 0.4) is 0 Å². The molecule has 0 saturated heterocycles. The molecule has 0 radical (unpaired) electrons. The van der Waals surface area contributed by atoms with E-state index in [0.29, 0.717) is 13.0 Å². The van der Waals surface area contributed by atoms with E-state index < -0.39 is 0 Å². The first-order valence-electron chi connectivity index (χ1n) is 4.69. The van der Waals surface area contributed by atoms with Crippen molar-refractivity contribution in [3.63, 3.8) is 0 Å². The van der Waals surface area contributed by atoms with Gasteiger partial charge in [-0.15, -0.1) is 23.7 Å². The maximum Gasteiger partial charge on any atom is 0.221 e. The zero-order chi connectivity index (χ0) is 10.4. The molecule has 0 aliphatic rings. The molecule has 86 valence electrons. The highest BCUT2D eigenvalue weighted by Crippen LogP contribution is 2.14. The average Bonchev–Trinajstić information content (AvgIpc) is 2.58. The average molecular weight is 249 g/mol. The fourth-order valence-corrected chi connectivity index (χ4v) is 1.92. The number of carbonyl (C=O) groups excluding carboxylic acids is 1. The third-order valence-electron chi connectivity index (χ3n) is 1.86. The summed E-state index contributed by atoms with van der Waals surface area (Å²) in [5.41, 5.74) is 0. The number of amides is 1. The fraction of sp³-hybridized carbons (Fsp3) is 0.500. The molecule has 0 aliphatic heterocycles. The summed E-state index contributed by atoms with van der Waals surface area (Å²) < 4.78 is 0. The minimum absolute atomic E-state index is 0. The summed E-state index contributed by atoms with van der Waals surface area (Å²) in [6.45, 7) is 3.45. The number of carbonyl (C=O) groups is 1. The number of halogens is 1. The summed E-state index contributed by atoms with van der Waals surface area (Å²) in [7, 11) is 1.84. The zero-order valence-corrected chi connectivity index (χ0v) is 10.6. The third kappa shape index (κ3) is 5.77. The van der Waals surface area contributed by atoms with Crippen molar-refractivity contribution >= 4 is 29.7 Å². The molecule has 1 rings (SSSR count). The highest BCUT2D eigenvalue weighted by atomic mass is 35.5. The van der Waals surface area contributed by atoms with Gasteiger partial charge >= 0.3 is 0 Å². The number of nitrogens with one attached hydrogen (secondary N) is 2. The minimum atomic E-state index is 0. The molecule has 0 saturated carbocycles. The quantitative estimate of drug-likeness (QED) is 0.833. The van der Waals surface area contributed by atoms with Gasteiger partial charge in [-0.05, 0) is 26.1 Å². The van der Waals surface area contributed by atoms with Crippen molar-refractivity contribution in [3.8, 4) is 0 Å². The van der Waals surface area contributed by atoms with Crippen LogP contribution in [-0.4, -0.2) is 19.5 Å². The Bertz CT molecular complexity index is 301. The molecule has 0 unspecified atom stereocenters. The molecule has 0 aliphatic carbocycles. The van der Waals surface area contributed by atoms with Crippen molar-refractivity contribution in [2.45, 2.75) is 19.9 Å². The Balaban J connectivity index is 0.00000196. The zero-order valence-electron chi connectivity index (χ0n) is 9.00. The second-order valence-electron chi connectivity index (χ2n) is 3.14. The molecule has 0 spiro atoms. The van der Waals surface area contributed by atoms with Crippen LogP contribution in [0.1, 0.15) is 16.2 Å². The minimum Gasteiger partial charge on any atom is -0.351 e. The van der Waals surface area contributed by atoms with Crippen molar-refractivity contribution < 1.29 is 4.79 Å². The van der Waals surface area contributed by atoms with Crippen LogP contribution in [0.4, 0.5) is 0 Å². The van der Waals surface area contributed by atoms with Crippen molar-refractivity contribution in [1.29, 1.82) is 0 Å². The molecular weight excluding hydrogens is 232 g/mol. The Morgan fingerprint density at radius 2 is 2.20 bits per heavy atom. The lowest BCUT2D eigenvalue weighted by Gasteiger charge is -2.02. The van der Waals surface area contributed by atoms with Crippen LogP contribution in [-0.2, 0) is 11.3 Å². The summed E-state index contributed by atoms with van der Waals surface area (Å²) in [5, 5.41) is 5.82. The number of hydrogen-bond acceptors (Lipinski definition) is 3. The Labute approximate surface area is 101 Å². The lowest BCUT2D eigenvalue weighted by Crippen LogP contribution is -2.25. The van der Waals surface area contributed by atoms with E-state index in [2.05, 4.69) is 29.7 Å². The second-order valence-corrected chi connectivity index (χ2v) is 4.52. The topological polar surface area (TPSA) is 41.1 Å². The van der Waals surface area contributed by atoms with E-state index in [-0.39, 0.29) is 18.3 Å². The molecule has 1 aromatic rings. The summed E-state index contributed by atoms with van der Waals surface area (Å²) in [5.74, 6) is 0.102. The molecule has 1 aromatic heterocycles. The Hall–Kier alpha value is -0.580. The highest BCUT2D eigenvalue weighted by Gasteiger charge is 2.01. The van der Waals surface area contributed by atoms with Crippen molar-refractivity contribution in [2.24, 2.45) is 0 Å². The first-order chi connectivity index (χ1) is 6.72. The fourth-order valence-electron chi connectivity index (χ4n) is 1.09. The molecular formula is C10H17ClN2OS. The molecule has 0 bridgehead atoms. The molecule has 3 nitrogen and oxygen atoms in total. The summed E-state index contributed by atoms with van der Waals surface area (Å²) in [4.78, 5) is 13.7. The van der Waals surface area contributed by atoms with E-state index in [1.807, 2.05) is 7.05 Å². The molecule has 1 heterocycles. The predicted octanol–water partition coefficient (Wildman–Crippen LogP) is 1.70. The van der Waals surface area contributed by atoms with E-state index in [1.165, 1.54) is 9.75 Å². The van der Waals surface area contributed by atoms with Crippen molar-refractivity contribution in [2.75, 3.05) is 13.6 Å². The van der Waals surface area contributed by atoms with Gasteiger partial charge in [-0.1, -0.05) is 0 Å². The van der Waals surface area contributed by atoms with Gasteiger partial charge < -0.3 is 10.6 Å². The van der Waals surface area contributed by atoms with E-state index in [4.69, 9.17) is 0 Å². The van der Waals surface area contributed by atoms with Crippen LogP contribution in [0, 0.1) is 6.92 Å². The van der Waals surface area contributed by atoms with Gasteiger partial charge in [0.25, 0.3) is 0 Å². The largest absolute Gasteiger partial charge is 0.351 e. The predicted molar refractivity (Wildman–Crippen MR) is 66.7 cm³/mol. The lowest BCUT2D eigenvalue weighted by molar-refractivity contribution is -0.121. The van der Waals surface area contributed by atoms with Gasteiger partial charge in [-0.25, -0.2) is 0 Å². The van der Waals surface area contributed by atoms with Gasteiger partial charge in [-0.3, -0.25) is 4.79 Å². The smallest absolute Gasteiger partial charge is 0.221 e. The van der Waals surface area contributed by atoms with Crippen molar-refractivity contribution in [1.82, 2.24) is 10.6 Å². The SMILES string of the molecule is CNCCC(=O)NCc1ccc(C)s1.Cl. The van der Waals surface area contributed by atoms with Crippen LogP contribution in [0.15, 0.2) is 12.1 Å². The molecule has 0 aromatic carbocycles.